The van der Waals surface area contributed by atoms with E-state index in [-0.39, 0.29) is 28.2 Å². The average Bonchev–Trinajstić information content (AvgIpc) is 3.68. The van der Waals surface area contributed by atoms with Crippen LogP contribution in [0, 0.1) is 0 Å². The first-order valence-electron chi connectivity index (χ1n) is 13.9. The minimum atomic E-state index is -1.14. The maximum absolute atomic E-state index is 13.1. The van der Waals surface area contributed by atoms with Crippen LogP contribution in [0.15, 0.2) is 84.0 Å². The first kappa shape index (κ1) is 30.0. The number of carboxylic acid groups (broad SMARTS) is 1. The maximum Gasteiger partial charge on any atom is 0.423 e. The topological polar surface area (TPSA) is 144 Å². The standard InChI is InChI=1S/C31H30ClN7O5S/c1-31(2,3)26-16-27(39(35-26)19-8-10-23(40)21(32)14-19)34-28(41)33-17-18-6-4-5-7-24(18)44-20-9-11-25-22(15-20)37-12-13-38(30(37)45-25)36-29(42)43/h4-16,30,36,40H,17H2,1-3H3,(H,42,43)(H2,33,34,41). The Hall–Kier alpha value is -5.01. The van der Waals surface area contributed by atoms with E-state index in [1.54, 1.807) is 29.1 Å². The van der Waals surface area contributed by atoms with Gasteiger partial charge in [-0.3, -0.25) is 10.3 Å². The van der Waals surface area contributed by atoms with E-state index in [0.717, 1.165) is 21.8 Å². The van der Waals surface area contributed by atoms with E-state index in [4.69, 9.17) is 21.4 Å². The third kappa shape index (κ3) is 6.30. The summed E-state index contributed by atoms with van der Waals surface area (Å²) in [4.78, 5) is 27.2. The molecule has 4 aromatic rings. The number of nitrogens with zero attached hydrogens (tertiary/aromatic N) is 4. The average molecular weight is 648 g/mol. The van der Waals surface area contributed by atoms with Crippen LogP contribution in [-0.2, 0) is 12.0 Å². The lowest BCUT2D eigenvalue weighted by molar-refractivity contribution is 0.163. The number of thioether (sulfide) groups is 1. The number of benzene rings is 3. The molecule has 232 valence electrons. The fraction of sp³-hybridized carbons (Fsp3) is 0.194. The Morgan fingerprint density at radius 2 is 1.87 bits per heavy atom. The van der Waals surface area contributed by atoms with E-state index in [1.165, 1.54) is 22.8 Å². The number of urea groups is 1. The molecule has 2 aliphatic heterocycles. The SMILES string of the molecule is CC(C)(C)c1cc(NC(=O)NCc2ccccc2Oc2ccc3c(c2)N2C=CN(NC(=O)O)C2S3)n(-c2ccc(O)c(Cl)c2)n1. The van der Waals surface area contributed by atoms with E-state index in [2.05, 4.69) is 21.2 Å². The molecule has 1 atom stereocenters. The number of carbonyl (C=O) groups excluding carboxylic acids is 1. The second-order valence-corrected chi connectivity index (χ2v) is 12.8. The van der Waals surface area contributed by atoms with Crippen molar-refractivity contribution < 1.29 is 24.5 Å². The van der Waals surface area contributed by atoms with Crippen molar-refractivity contribution in [2.24, 2.45) is 0 Å². The number of nitrogens with one attached hydrogen (secondary N) is 3. The number of amides is 3. The predicted molar refractivity (Wildman–Crippen MR) is 172 cm³/mol. The Bertz CT molecular complexity index is 1820. The van der Waals surface area contributed by atoms with Gasteiger partial charge in [-0.15, -0.1) is 0 Å². The van der Waals surface area contributed by atoms with Gasteiger partial charge in [-0.05, 0) is 36.4 Å². The molecule has 5 N–H and O–H groups in total. The van der Waals surface area contributed by atoms with Crippen LogP contribution in [0.3, 0.4) is 0 Å². The van der Waals surface area contributed by atoms with Gasteiger partial charge in [-0.25, -0.2) is 19.7 Å². The Morgan fingerprint density at radius 1 is 1.07 bits per heavy atom. The molecule has 3 amide bonds. The van der Waals surface area contributed by atoms with E-state index in [1.807, 2.05) is 74.3 Å². The molecule has 0 bridgehead atoms. The summed E-state index contributed by atoms with van der Waals surface area (Å²) in [5.74, 6) is 1.56. The fourth-order valence-electron chi connectivity index (χ4n) is 4.79. The number of aromatic hydroxyl groups is 1. The molecule has 1 aromatic heterocycles. The Labute approximate surface area is 268 Å². The van der Waals surface area contributed by atoms with Crippen molar-refractivity contribution in [3.05, 3.63) is 95.4 Å². The van der Waals surface area contributed by atoms with Crippen molar-refractivity contribution in [3.63, 3.8) is 0 Å². The van der Waals surface area contributed by atoms with Gasteiger partial charge in [-0.1, -0.05) is 62.3 Å². The number of fused-ring (bicyclic) bond motifs is 3. The third-order valence-electron chi connectivity index (χ3n) is 7.06. The van der Waals surface area contributed by atoms with E-state index in [9.17, 15) is 14.7 Å². The van der Waals surface area contributed by atoms with Gasteiger partial charge in [0.2, 0.25) is 0 Å². The zero-order valence-electron chi connectivity index (χ0n) is 24.5. The number of hydrogen-bond donors (Lipinski definition) is 5. The predicted octanol–water partition coefficient (Wildman–Crippen LogP) is 6.81. The van der Waals surface area contributed by atoms with Crippen molar-refractivity contribution in [1.29, 1.82) is 0 Å². The quantitative estimate of drug-likeness (QED) is 0.146. The van der Waals surface area contributed by atoms with Gasteiger partial charge in [0.05, 0.1) is 22.1 Å². The second kappa shape index (κ2) is 11.8. The highest BCUT2D eigenvalue weighted by Gasteiger charge is 2.37. The van der Waals surface area contributed by atoms with Crippen LogP contribution in [0.5, 0.6) is 17.2 Å². The fourth-order valence-corrected chi connectivity index (χ4v) is 6.16. The highest BCUT2D eigenvalue weighted by molar-refractivity contribution is 8.00. The van der Waals surface area contributed by atoms with Crippen LogP contribution in [0.1, 0.15) is 32.0 Å². The molecule has 1 unspecified atom stereocenters. The number of anilines is 2. The number of ether oxygens (including phenoxy) is 1. The lowest BCUT2D eigenvalue weighted by atomic mass is 9.92. The lowest BCUT2D eigenvalue weighted by Gasteiger charge is -2.24. The highest BCUT2D eigenvalue weighted by Crippen LogP contribution is 2.48. The molecule has 12 nitrogen and oxygen atoms in total. The number of phenolic OH excluding ortho intramolecular Hbond substituents is 1. The van der Waals surface area contributed by atoms with Crippen molar-refractivity contribution in [1.82, 2.24) is 25.5 Å². The number of halogens is 1. The summed E-state index contributed by atoms with van der Waals surface area (Å²) in [6, 6.07) is 19.2. The van der Waals surface area contributed by atoms with Crippen molar-refractivity contribution in [2.45, 2.75) is 43.1 Å². The summed E-state index contributed by atoms with van der Waals surface area (Å²) in [6.45, 7) is 6.25. The normalized spacial score (nSPS) is 15.1. The number of carbonyl (C=O) groups is 2. The van der Waals surface area contributed by atoms with Gasteiger partial charge in [-0.2, -0.15) is 5.10 Å². The minimum absolute atomic E-state index is 0.0488. The summed E-state index contributed by atoms with van der Waals surface area (Å²) in [5, 5.41) is 31.2. The molecular formula is C31H30ClN7O5S. The number of rotatable bonds is 7. The van der Waals surface area contributed by atoms with Crippen LogP contribution in [0.4, 0.5) is 21.1 Å². The molecule has 0 fully saturated rings. The van der Waals surface area contributed by atoms with Crippen LogP contribution in [0.2, 0.25) is 5.02 Å². The molecule has 45 heavy (non-hydrogen) atoms. The van der Waals surface area contributed by atoms with Gasteiger partial charge in [0, 0.05) is 47.0 Å². The molecule has 2 aliphatic rings. The van der Waals surface area contributed by atoms with Crippen LogP contribution < -0.4 is 25.7 Å². The summed E-state index contributed by atoms with van der Waals surface area (Å²) < 4.78 is 7.84. The first-order valence-corrected chi connectivity index (χ1v) is 15.2. The van der Waals surface area contributed by atoms with E-state index >= 15 is 0 Å². The minimum Gasteiger partial charge on any atom is -0.506 e. The Balaban J connectivity index is 1.15. The van der Waals surface area contributed by atoms with Crippen LogP contribution in [0.25, 0.3) is 5.69 Å². The zero-order chi connectivity index (χ0) is 31.9. The molecule has 0 aliphatic carbocycles. The van der Waals surface area contributed by atoms with Crippen molar-refractivity contribution >= 4 is 47.0 Å². The maximum atomic E-state index is 13.1. The molecule has 0 saturated heterocycles. The van der Waals surface area contributed by atoms with E-state index < -0.39 is 12.1 Å². The van der Waals surface area contributed by atoms with Crippen LogP contribution in [-0.4, -0.2) is 42.6 Å². The lowest BCUT2D eigenvalue weighted by Crippen LogP contribution is -2.44. The van der Waals surface area contributed by atoms with Gasteiger partial charge in [0.1, 0.15) is 23.1 Å². The molecule has 0 radical (unpaired) electrons. The number of phenols is 1. The van der Waals surface area contributed by atoms with Crippen molar-refractivity contribution in [2.75, 3.05) is 10.2 Å². The molecule has 0 spiro atoms. The monoisotopic (exact) mass is 647 g/mol. The molecule has 6 rings (SSSR count). The first-order chi connectivity index (χ1) is 21.5. The number of aromatic nitrogens is 2. The summed E-state index contributed by atoms with van der Waals surface area (Å²) in [7, 11) is 0. The largest absolute Gasteiger partial charge is 0.506 e. The third-order valence-corrected chi connectivity index (χ3v) is 8.63. The second-order valence-electron chi connectivity index (χ2n) is 11.3. The molecule has 3 aromatic carbocycles. The molecular weight excluding hydrogens is 618 g/mol. The zero-order valence-corrected chi connectivity index (χ0v) is 26.1. The number of hydrogen-bond acceptors (Lipinski definition) is 8. The summed E-state index contributed by atoms with van der Waals surface area (Å²) >= 11 is 7.67. The smallest absolute Gasteiger partial charge is 0.423 e. The molecule has 3 heterocycles. The Kier molecular flexibility index (Phi) is 7.89. The Morgan fingerprint density at radius 3 is 2.62 bits per heavy atom. The highest BCUT2D eigenvalue weighted by atomic mass is 35.5. The van der Waals surface area contributed by atoms with Gasteiger partial charge in [0.15, 0.2) is 5.50 Å². The van der Waals surface area contributed by atoms with E-state index in [0.29, 0.717) is 23.0 Å². The van der Waals surface area contributed by atoms with Gasteiger partial charge >= 0.3 is 12.1 Å². The number of hydrazine groups is 1. The summed E-state index contributed by atoms with van der Waals surface area (Å²) in [6.07, 6.45) is 2.35. The summed E-state index contributed by atoms with van der Waals surface area (Å²) in [5.41, 5.74) is 4.83. The van der Waals surface area contributed by atoms with Gasteiger partial charge < -0.3 is 25.2 Å². The van der Waals surface area contributed by atoms with Crippen LogP contribution >= 0.6 is 23.4 Å². The number of para-hydroxylation sites is 1. The van der Waals surface area contributed by atoms with Crippen molar-refractivity contribution in [3.8, 4) is 22.9 Å². The molecule has 14 heteroatoms. The molecule has 0 saturated carbocycles. The van der Waals surface area contributed by atoms with Gasteiger partial charge in [0.25, 0.3) is 0 Å².